The van der Waals surface area contributed by atoms with Crippen LogP contribution in [0.5, 0.6) is 0 Å². The predicted molar refractivity (Wildman–Crippen MR) is 94.3 cm³/mol. The largest absolute Gasteiger partial charge is 0.462 e. The molecule has 0 spiro atoms. The number of hydrazone groups is 1. The highest BCUT2D eigenvalue weighted by Crippen LogP contribution is 2.21. The lowest BCUT2D eigenvalue weighted by Crippen LogP contribution is -2.23. The summed E-state index contributed by atoms with van der Waals surface area (Å²) >= 11 is 0. The topological polar surface area (TPSA) is 45.8 Å². The first-order valence-electron chi connectivity index (χ1n) is 8.83. The van der Waals surface area contributed by atoms with E-state index in [1.807, 2.05) is 25.1 Å². The third kappa shape index (κ3) is 4.81. The van der Waals surface area contributed by atoms with Crippen molar-refractivity contribution in [3.8, 4) is 0 Å². The Hall–Kier alpha value is -1.84. The van der Waals surface area contributed by atoms with Gasteiger partial charge in [0.2, 0.25) is 0 Å². The van der Waals surface area contributed by atoms with Crippen molar-refractivity contribution in [3.05, 3.63) is 29.2 Å². The summed E-state index contributed by atoms with van der Waals surface area (Å²) in [5.41, 5.74) is 1.42. The molecule has 2 heterocycles. The number of aryl methyl sites for hydroxylation is 1. The normalized spacial score (nSPS) is 16.5. The Morgan fingerprint density at radius 3 is 2.61 bits per heavy atom. The fourth-order valence-electron chi connectivity index (χ4n) is 2.70. The Bertz CT molecular complexity index is 584. The van der Waals surface area contributed by atoms with E-state index in [0.717, 1.165) is 49.3 Å². The number of unbranched alkanes of at least 4 members (excludes halogenated alkanes) is 4. The van der Waals surface area contributed by atoms with Crippen molar-refractivity contribution in [2.75, 3.05) is 6.54 Å². The van der Waals surface area contributed by atoms with Crippen LogP contribution in [0.25, 0.3) is 6.08 Å². The quantitative estimate of drug-likeness (QED) is 0.485. The molecule has 126 valence electrons. The van der Waals surface area contributed by atoms with Crippen LogP contribution in [0, 0.1) is 0 Å². The van der Waals surface area contributed by atoms with Crippen molar-refractivity contribution in [2.24, 2.45) is 5.10 Å². The summed E-state index contributed by atoms with van der Waals surface area (Å²) in [6.45, 7) is 6.93. The number of rotatable bonds is 9. The van der Waals surface area contributed by atoms with Gasteiger partial charge in [-0.1, -0.05) is 39.5 Å². The van der Waals surface area contributed by atoms with E-state index in [-0.39, 0.29) is 5.91 Å². The van der Waals surface area contributed by atoms with Crippen LogP contribution in [0.4, 0.5) is 0 Å². The van der Waals surface area contributed by atoms with E-state index >= 15 is 0 Å². The summed E-state index contributed by atoms with van der Waals surface area (Å²) in [5, 5.41) is 5.96. The molecule has 0 fully saturated rings. The lowest BCUT2D eigenvalue weighted by Gasteiger charge is -2.10. The molecule has 0 aromatic carbocycles. The lowest BCUT2D eigenvalue weighted by atomic mass is 10.1. The van der Waals surface area contributed by atoms with Crippen molar-refractivity contribution >= 4 is 17.7 Å². The van der Waals surface area contributed by atoms with Crippen molar-refractivity contribution in [1.29, 1.82) is 0 Å². The second-order valence-corrected chi connectivity index (χ2v) is 6.14. The minimum atomic E-state index is -0.0115. The molecular formula is C19H28N2O2. The zero-order valence-electron chi connectivity index (χ0n) is 14.6. The Morgan fingerprint density at radius 2 is 1.87 bits per heavy atom. The Kier molecular flexibility index (Phi) is 6.63. The molecule has 0 radical (unpaired) electrons. The third-order valence-corrected chi connectivity index (χ3v) is 4.09. The number of furan rings is 1. The van der Waals surface area contributed by atoms with Gasteiger partial charge in [0.25, 0.3) is 5.91 Å². The van der Waals surface area contributed by atoms with Gasteiger partial charge in [-0.05, 0) is 38.0 Å². The molecular weight excluding hydrogens is 288 g/mol. The molecule has 0 saturated heterocycles. The zero-order valence-corrected chi connectivity index (χ0v) is 14.6. The number of amides is 1. The van der Waals surface area contributed by atoms with E-state index < -0.39 is 0 Å². The van der Waals surface area contributed by atoms with Gasteiger partial charge in [-0.2, -0.15) is 5.10 Å². The SMILES string of the molecule is CCCCCc1ccc(/C=C2\C(=O)N(CCCCC)N=C2C)o1. The second-order valence-electron chi connectivity index (χ2n) is 6.14. The van der Waals surface area contributed by atoms with Crippen molar-refractivity contribution in [2.45, 2.75) is 65.7 Å². The summed E-state index contributed by atoms with van der Waals surface area (Å²) in [5.74, 6) is 1.72. The number of carbonyl (C=O) groups is 1. The predicted octanol–water partition coefficient (Wildman–Crippen LogP) is 4.80. The number of hydrogen-bond acceptors (Lipinski definition) is 3. The van der Waals surface area contributed by atoms with Crippen molar-refractivity contribution in [1.82, 2.24) is 5.01 Å². The Labute approximate surface area is 139 Å². The fraction of sp³-hybridized carbons (Fsp3) is 0.579. The van der Waals surface area contributed by atoms with Crippen LogP contribution in [-0.4, -0.2) is 23.2 Å². The lowest BCUT2D eigenvalue weighted by molar-refractivity contribution is -0.125. The molecule has 23 heavy (non-hydrogen) atoms. The van der Waals surface area contributed by atoms with Crippen LogP contribution in [0.2, 0.25) is 0 Å². The Morgan fingerprint density at radius 1 is 1.13 bits per heavy atom. The van der Waals surface area contributed by atoms with Crippen LogP contribution in [0.1, 0.15) is 70.8 Å². The van der Waals surface area contributed by atoms with Crippen LogP contribution in [0.3, 0.4) is 0 Å². The molecule has 0 saturated carbocycles. The first-order valence-corrected chi connectivity index (χ1v) is 8.83. The Balaban J connectivity index is 1.99. The molecule has 0 aliphatic carbocycles. The van der Waals surface area contributed by atoms with Gasteiger partial charge in [0.1, 0.15) is 11.5 Å². The van der Waals surface area contributed by atoms with Gasteiger partial charge >= 0.3 is 0 Å². The minimum Gasteiger partial charge on any atom is -0.462 e. The smallest absolute Gasteiger partial charge is 0.276 e. The molecule has 2 rings (SSSR count). The molecule has 0 unspecified atom stereocenters. The molecule has 0 bridgehead atoms. The molecule has 1 aromatic rings. The average Bonchev–Trinajstić information content (AvgIpc) is 3.08. The molecule has 0 N–H and O–H groups in total. The molecule has 1 aliphatic heterocycles. The molecule has 0 atom stereocenters. The third-order valence-electron chi connectivity index (χ3n) is 4.09. The molecule has 1 amide bonds. The molecule has 4 heteroatoms. The highest BCUT2D eigenvalue weighted by atomic mass is 16.3. The van der Waals surface area contributed by atoms with Crippen LogP contribution >= 0.6 is 0 Å². The van der Waals surface area contributed by atoms with Crippen LogP contribution in [-0.2, 0) is 11.2 Å². The van der Waals surface area contributed by atoms with Crippen LogP contribution in [0.15, 0.2) is 27.2 Å². The fourth-order valence-corrected chi connectivity index (χ4v) is 2.70. The average molecular weight is 316 g/mol. The first kappa shape index (κ1) is 17.5. The molecule has 1 aromatic heterocycles. The monoisotopic (exact) mass is 316 g/mol. The second kappa shape index (κ2) is 8.70. The molecule has 1 aliphatic rings. The number of hydrogen-bond donors (Lipinski definition) is 0. The highest BCUT2D eigenvalue weighted by molar-refractivity contribution is 6.26. The highest BCUT2D eigenvalue weighted by Gasteiger charge is 2.27. The van der Waals surface area contributed by atoms with E-state index in [9.17, 15) is 4.79 Å². The van der Waals surface area contributed by atoms with Crippen molar-refractivity contribution in [3.63, 3.8) is 0 Å². The number of carbonyl (C=O) groups excluding carboxylic acids is 1. The summed E-state index contributed by atoms with van der Waals surface area (Å²) in [6, 6.07) is 3.95. The first-order chi connectivity index (χ1) is 11.2. The van der Waals surface area contributed by atoms with Gasteiger partial charge in [-0.15, -0.1) is 0 Å². The minimum absolute atomic E-state index is 0.0115. The van der Waals surface area contributed by atoms with E-state index in [4.69, 9.17) is 4.42 Å². The van der Waals surface area contributed by atoms with Crippen molar-refractivity contribution < 1.29 is 9.21 Å². The maximum Gasteiger partial charge on any atom is 0.276 e. The van der Waals surface area contributed by atoms with Gasteiger partial charge < -0.3 is 4.42 Å². The van der Waals surface area contributed by atoms with Gasteiger partial charge in [-0.3, -0.25) is 4.79 Å². The van der Waals surface area contributed by atoms with E-state index in [2.05, 4.69) is 18.9 Å². The van der Waals surface area contributed by atoms with Gasteiger partial charge in [-0.25, -0.2) is 5.01 Å². The maximum absolute atomic E-state index is 12.4. The van der Waals surface area contributed by atoms with Gasteiger partial charge in [0.05, 0.1) is 11.3 Å². The number of nitrogens with zero attached hydrogens (tertiary/aromatic N) is 2. The summed E-state index contributed by atoms with van der Waals surface area (Å²) in [6.07, 6.45) is 9.60. The van der Waals surface area contributed by atoms with E-state index in [0.29, 0.717) is 12.1 Å². The van der Waals surface area contributed by atoms with E-state index in [1.54, 1.807) is 5.01 Å². The van der Waals surface area contributed by atoms with Gasteiger partial charge in [0.15, 0.2) is 0 Å². The van der Waals surface area contributed by atoms with Crippen LogP contribution < -0.4 is 0 Å². The maximum atomic E-state index is 12.4. The van der Waals surface area contributed by atoms with Gasteiger partial charge in [0, 0.05) is 13.0 Å². The van der Waals surface area contributed by atoms with E-state index in [1.165, 1.54) is 12.8 Å². The molecule has 4 nitrogen and oxygen atoms in total. The summed E-state index contributed by atoms with van der Waals surface area (Å²) < 4.78 is 5.82. The summed E-state index contributed by atoms with van der Waals surface area (Å²) in [7, 11) is 0. The summed E-state index contributed by atoms with van der Waals surface area (Å²) in [4.78, 5) is 12.4. The zero-order chi connectivity index (χ0) is 16.7. The standard InChI is InChI=1S/C19H28N2O2/c1-4-6-8-10-16-11-12-17(23-16)14-18-15(3)20-21(19(18)22)13-9-7-5-2/h11-12,14H,4-10,13H2,1-3H3/b18-14-.